The number of hydrogen-bond donors (Lipinski definition) is 2. The second-order valence-electron chi connectivity index (χ2n) is 5.46. The van der Waals surface area contributed by atoms with Crippen molar-refractivity contribution in [3.8, 4) is 0 Å². The van der Waals surface area contributed by atoms with Crippen molar-refractivity contribution in [2.75, 3.05) is 0 Å². The molecule has 2 aromatic rings. The lowest BCUT2D eigenvalue weighted by molar-refractivity contribution is 0.0912. The van der Waals surface area contributed by atoms with E-state index >= 15 is 0 Å². The molecule has 0 spiro atoms. The van der Waals surface area contributed by atoms with E-state index in [0.717, 1.165) is 11.5 Å². The number of rotatable bonds is 5. The SMILES string of the molecule is CCn1nc(C)cc1C(=O)NC(c1n[nH]c(C)n1)C(C)C. The van der Waals surface area contributed by atoms with E-state index in [9.17, 15) is 4.79 Å². The molecule has 7 nitrogen and oxygen atoms in total. The molecule has 0 radical (unpaired) electrons. The Bertz CT molecular complexity index is 627. The van der Waals surface area contributed by atoms with Gasteiger partial charge in [-0.25, -0.2) is 4.98 Å². The lowest BCUT2D eigenvalue weighted by atomic mass is 10.0. The van der Waals surface area contributed by atoms with Crippen LogP contribution in [0.15, 0.2) is 6.07 Å². The molecule has 0 aliphatic heterocycles. The van der Waals surface area contributed by atoms with Crippen molar-refractivity contribution in [3.05, 3.63) is 29.1 Å². The predicted molar refractivity (Wildman–Crippen MR) is 78.8 cm³/mol. The van der Waals surface area contributed by atoms with Gasteiger partial charge < -0.3 is 5.32 Å². The summed E-state index contributed by atoms with van der Waals surface area (Å²) in [4.78, 5) is 16.8. The number of nitrogens with one attached hydrogen (secondary N) is 2. The van der Waals surface area contributed by atoms with Crippen LogP contribution in [0.25, 0.3) is 0 Å². The van der Waals surface area contributed by atoms with Crippen LogP contribution in [0.4, 0.5) is 0 Å². The Kier molecular flexibility index (Phi) is 4.40. The largest absolute Gasteiger partial charge is 0.340 e. The molecule has 2 rings (SSSR count). The molecule has 2 N–H and O–H groups in total. The molecule has 0 fully saturated rings. The number of amides is 1. The van der Waals surface area contributed by atoms with Crippen molar-refractivity contribution in [2.45, 2.75) is 47.2 Å². The molecule has 0 saturated heterocycles. The first-order valence-corrected chi connectivity index (χ1v) is 7.16. The van der Waals surface area contributed by atoms with Crippen LogP contribution >= 0.6 is 0 Å². The van der Waals surface area contributed by atoms with Crippen LogP contribution in [0.2, 0.25) is 0 Å². The summed E-state index contributed by atoms with van der Waals surface area (Å²) in [5, 5.41) is 14.3. The Labute approximate surface area is 124 Å². The van der Waals surface area contributed by atoms with Gasteiger partial charge in [0.2, 0.25) is 0 Å². The Balaban J connectivity index is 2.22. The molecule has 1 amide bonds. The number of carbonyl (C=O) groups is 1. The van der Waals surface area contributed by atoms with E-state index in [1.807, 2.05) is 34.6 Å². The monoisotopic (exact) mass is 290 g/mol. The third kappa shape index (κ3) is 3.29. The molecule has 7 heteroatoms. The molecule has 0 aliphatic rings. The highest BCUT2D eigenvalue weighted by atomic mass is 16.2. The molecule has 0 aromatic carbocycles. The summed E-state index contributed by atoms with van der Waals surface area (Å²) in [6, 6.07) is 1.56. The first kappa shape index (κ1) is 15.2. The maximum Gasteiger partial charge on any atom is 0.270 e. The van der Waals surface area contributed by atoms with Crippen LogP contribution in [0.3, 0.4) is 0 Å². The molecule has 1 atom stereocenters. The molecular formula is C14H22N6O. The summed E-state index contributed by atoms with van der Waals surface area (Å²) in [5.74, 6) is 1.37. The smallest absolute Gasteiger partial charge is 0.270 e. The average molecular weight is 290 g/mol. The van der Waals surface area contributed by atoms with E-state index < -0.39 is 0 Å². The van der Waals surface area contributed by atoms with Gasteiger partial charge >= 0.3 is 0 Å². The summed E-state index contributed by atoms with van der Waals surface area (Å²) in [6.07, 6.45) is 0. The zero-order valence-corrected chi connectivity index (χ0v) is 13.1. The quantitative estimate of drug-likeness (QED) is 0.878. The Morgan fingerprint density at radius 3 is 2.67 bits per heavy atom. The van der Waals surface area contributed by atoms with Gasteiger partial charge in [0.1, 0.15) is 11.5 Å². The van der Waals surface area contributed by atoms with Gasteiger partial charge in [0.05, 0.1) is 11.7 Å². The fraction of sp³-hybridized carbons (Fsp3) is 0.571. The van der Waals surface area contributed by atoms with Gasteiger partial charge in [-0.05, 0) is 32.8 Å². The molecule has 21 heavy (non-hydrogen) atoms. The Morgan fingerprint density at radius 2 is 2.14 bits per heavy atom. The van der Waals surface area contributed by atoms with Crippen molar-refractivity contribution in [1.29, 1.82) is 0 Å². The van der Waals surface area contributed by atoms with Crippen LogP contribution < -0.4 is 5.32 Å². The molecule has 1 unspecified atom stereocenters. The van der Waals surface area contributed by atoms with Gasteiger partial charge in [-0.2, -0.15) is 10.2 Å². The van der Waals surface area contributed by atoms with E-state index in [1.165, 1.54) is 0 Å². The zero-order valence-electron chi connectivity index (χ0n) is 13.1. The van der Waals surface area contributed by atoms with E-state index in [0.29, 0.717) is 18.1 Å². The lowest BCUT2D eigenvalue weighted by Gasteiger charge is -2.19. The van der Waals surface area contributed by atoms with Crippen molar-refractivity contribution < 1.29 is 4.79 Å². The summed E-state index contributed by atoms with van der Waals surface area (Å²) < 4.78 is 1.70. The van der Waals surface area contributed by atoms with Gasteiger partial charge in [0.25, 0.3) is 5.91 Å². The molecule has 0 aliphatic carbocycles. The molecule has 2 heterocycles. The van der Waals surface area contributed by atoms with E-state index in [1.54, 1.807) is 10.7 Å². The third-order valence-electron chi connectivity index (χ3n) is 3.28. The molecule has 0 saturated carbocycles. The fourth-order valence-corrected chi connectivity index (χ4v) is 2.21. The van der Waals surface area contributed by atoms with Gasteiger partial charge in [-0.3, -0.25) is 14.6 Å². The highest BCUT2D eigenvalue weighted by Crippen LogP contribution is 2.19. The number of carbonyl (C=O) groups excluding carboxylic acids is 1. The summed E-state index contributed by atoms with van der Waals surface area (Å²) in [7, 11) is 0. The molecular weight excluding hydrogens is 268 g/mol. The predicted octanol–water partition coefficient (Wildman–Crippen LogP) is 1.77. The summed E-state index contributed by atoms with van der Waals surface area (Å²) in [6.45, 7) is 10.4. The lowest BCUT2D eigenvalue weighted by Crippen LogP contribution is -2.33. The Hall–Kier alpha value is -2.18. The normalized spacial score (nSPS) is 12.7. The van der Waals surface area contributed by atoms with E-state index in [2.05, 4.69) is 25.6 Å². The first-order chi connectivity index (χ1) is 9.92. The fourth-order valence-electron chi connectivity index (χ4n) is 2.21. The first-order valence-electron chi connectivity index (χ1n) is 7.16. The minimum atomic E-state index is -0.233. The van der Waals surface area contributed by atoms with Crippen LogP contribution in [-0.2, 0) is 6.54 Å². The molecule has 114 valence electrons. The van der Waals surface area contributed by atoms with Gasteiger partial charge in [-0.15, -0.1) is 0 Å². The maximum absolute atomic E-state index is 12.5. The maximum atomic E-state index is 12.5. The van der Waals surface area contributed by atoms with Crippen LogP contribution in [0.5, 0.6) is 0 Å². The number of nitrogens with zero attached hydrogens (tertiary/aromatic N) is 4. The second-order valence-corrected chi connectivity index (χ2v) is 5.46. The van der Waals surface area contributed by atoms with Crippen LogP contribution in [-0.4, -0.2) is 30.9 Å². The zero-order chi connectivity index (χ0) is 15.6. The minimum absolute atomic E-state index is 0.154. The van der Waals surface area contributed by atoms with Crippen molar-refractivity contribution >= 4 is 5.91 Å². The third-order valence-corrected chi connectivity index (χ3v) is 3.28. The number of aryl methyl sites for hydroxylation is 3. The highest BCUT2D eigenvalue weighted by molar-refractivity contribution is 5.92. The van der Waals surface area contributed by atoms with E-state index in [-0.39, 0.29) is 17.9 Å². The second kappa shape index (κ2) is 6.07. The van der Waals surface area contributed by atoms with Crippen LogP contribution in [0, 0.1) is 19.8 Å². The topological polar surface area (TPSA) is 88.5 Å². The average Bonchev–Trinajstić information content (AvgIpc) is 3.01. The summed E-state index contributed by atoms with van der Waals surface area (Å²) >= 11 is 0. The Morgan fingerprint density at radius 1 is 1.43 bits per heavy atom. The van der Waals surface area contributed by atoms with E-state index in [4.69, 9.17) is 0 Å². The van der Waals surface area contributed by atoms with Gasteiger partial charge in [0.15, 0.2) is 5.82 Å². The number of aromatic nitrogens is 5. The number of H-pyrrole nitrogens is 1. The minimum Gasteiger partial charge on any atom is -0.340 e. The standard InChI is InChI=1S/C14H22N6O/c1-6-20-11(7-9(4)19-20)14(21)16-12(8(2)3)13-15-10(5)17-18-13/h7-8,12H,6H2,1-5H3,(H,16,21)(H,15,17,18). The van der Waals surface area contributed by atoms with Gasteiger partial charge in [-0.1, -0.05) is 13.8 Å². The van der Waals surface area contributed by atoms with Crippen molar-refractivity contribution in [3.63, 3.8) is 0 Å². The number of aromatic amines is 1. The van der Waals surface area contributed by atoms with Crippen molar-refractivity contribution in [1.82, 2.24) is 30.3 Å². The van der Waals surface area contributed by atoms with Crippen LogP contribution in [0.1, 0.15) is 54.6 Å². The highest BCUT2D eigenvalue weighted by Gasteiger charge is 2.24. The molecule has 2 aromatic heterocycles. The summed E-state index contributed by atoms with van der Waals surface area (Å²) in [5.41, 5.74) is 1.39. The molecule has 0 bridgehead atoms. The van der Waals surface area contributed by atoms with Gasteiger partial charge in [0, 0.05) is 6.54 Å². The number of hydrogen-bond acceptors (Lipinski definition) is 4. The van der Waals surface area contributed by atoms with Crippen molar-refractivity contribution in [2.24, 2.45) is 5.92 Å².